The third kappa shape index (κ3) is 4.98. The number of ether oxygens (including phenoxy) is 1. The molecule has 1 aliphatic carbocycles. The Morgan fingerprint density at radius 3 is 2.41 bits per heavy atom. The maximum absolute atomic E-state index is 5.84. The summed E-state index contributed by atoms with van der Waals surface area (Å²) in [4.78, 5) is 17.0. The molecule has 4 rings (SSSR count). The summed E-state index contributed by atoms with van der Waals surface area (Å²) >= 11 is 0. The van der Waals surface area contributed by atoms with Gasteiger partial charge in [0.1, 0.15) is 0 Å². The summed E-state index contributed by atoms with van der Waals surface area (Å²) in [6.45, 7) is 11.6. The van der Waals surface area contributed by atoms with Crippen molar-refractivity contribution in [3.05, 3.63) is 18.0 Å². The third-order valence-electron chi connectivity index (χ3n) is 6.29. The predicted molar refractivity (Wildman–Crippen MR) is 108 cm³/mol. The van der Waals surface area contributed by atoms with Gasteiger partial charge in [0, 0.05) is 58.1 Å². The molecule has 3 fully saturated rings. The molecule has 2 atom stereocenters. The highest BCUT2D eigenvalue weighted by Gasteiger charge is 2.26. The van der Waals surface area contributed by atoms with Gasteiger partial charge in [0.05, 0.1) is 17.9 Å². The molecule has 150 valence electrons. The van der Waals surface area contributed by atoms with Gasteiger partial charge in [0.2, 0.25) is 5.95 Å². The Bertz CT molecular complexity index is 588. The topological polar surface area (TPSA) is 44.7 Å². The van der Waals surface area contributed by atoms with E-state index in [1.807, 2.05) is 6.20 Å². The summed E-state index contributed by atoms with van der Waals surface area (Å²) in [5, 5.41) is 0. The normalized spacial score (nSPS) is 29.2. The molecule has 0 amide bonds. The Morgan fingerprint density at radius 1 is 1.00 bits per heavy atom. The minimum Gasteiger partial charge on any atom is -0.372 e. The lowest BCUT2D eigenvalue weighted by Crippen LogP contribution is -2.50. The standard InChI is InChI=1S/C21H35N5O/c1-17-14-26(15-18(2)27-17)21-22-9-8-19(23-21)16-24-10-12-25(13-11-24)20-6-4-3-5-7-20/h8-9,17-18,20H,3-7,10-16H2,1-2H3/t17-,18-/m0/s1. The zero-order valence-corrected chi connectivity index (χ0v) is 17.0. The zero-order chi connectivity index (χ0) is 18.6. The molecule has 0 N–H and O–H groups in total. The second-order valence-electron chi connectivity index (χ2n) is 8.61. The molecule has 27 heavy (non-hydrogen) atoms. The Kier molecular flexibility index (Phi) is 6.25. The van der Waals surface area contributed by atoms with E-state index in [1.165, 1.54) is 45.2 Å². The molecule has 2 saturated heterocycles. The molecule has 0 radical (unpaired) electrons. The molecule has 3 aliphatic rings. The van der Waals surface area contributed by atoms with Crippen molar-refractivity contribution in [3.8, 4) is 0 Å². The van der Waals surface area contributed by atoms with Crippen LogP contribution in [0, 0.1) is 0 Å². The molecule has 1 aromatic heterocycles. The Hall–Kier alpha value is -1.24. The Labute approximate surface area is 163 Å². The fourth-order valence-electron chi connectivity index (χ4n) is 4.93. The molecule has 3 heterocycles. The predicted octanol–water partition coefficient (Wildman–Crippen LogP) is 2.54. The maximum atomic E-state index is 5.84. The van der Waals surface area contributed by atoms with Crippen LogP contribution in [-0.2, 0) is 11.3 Å². The lowest BCUT2D eigenvalue weighted by atomic mass is 9.94. The van der Waals surface area contributed by atoms with E-state index in [4.69, 9.17) is 9.72 Å². The van der Waals surface area contributed by atoms with Gasteiger partial charge in [0.25, 0.3) is 0 Å². The lowest BCUT2D eigenvalue weighted by Gasteiger charge is -2.40. The van der Waals surface area contributed by atoms with Gasteiger partial charge in [0.15, 0.2) is 0 Å². The summed E-state index contributed by atoms with van der Waals surface area (Å²) < 4.78 is 5.84. The Balaban J connectivity index is 1.31. The van der Waals surface area contributed by atoms with Crippen LogP contribution in [-0.4, -0.2) is 77.3 Å². The molecule has 1 aromatic rings. The molecule has 0 aromatic carbocycles. The van der Waals surface area contributed by atoms with Crippen molar-refractivity contribution >= 4 is 5.95 Å². The van der Waals surface area contributed by atoms with Crippen LogP contribution in [0.5, 0.6) is 0 Å². The molecule has 6 heteroatoms. The number of rotatable bonds is 4. The number of piperazine rings is 1. The van der Waals surface area contributed by atoms with Crippen LogP contribution in [0.2, 0.25) is 0 Å². The average molecular weight is 374 g/mol. The van der Waals surface area contributed by atoms with Crippen LogP contribution in [0.15, 0.2) is 12.3 Å². The number of hydrogen-bond acceptors (Lipinski definition) is 6. The summed E-state index contributed by atoms with van der Waals surface area (Å²) in [6.07, 6.45) is 9.48. The quantitative estimate of drug-likeness (QED) is 0.808. The first-order valence-corrected chi connectivity index (χ1v) is 10.9. The summed E-state index contributed by atoms with van der Waals surface area (Å²) in [5.74, 6) is 0.857. The van der Waals surface area contributed by atoms with E-state index in [2.05, 4.69) is 39.6 Å². The van der Waals surface area contributed by atoms with Gasteiger partial charge >= 0.3 is 0 Å². The van der Waals surface area contributed by atoms with Crippen molar-refractivity contribution in [2.24, 2.45) is 0 Å². The SMILES string of the molecule is C[C@H]1CN(c2nccc(CN3CCN(C4CCCCC4)CC3)n2)C[C@H](C)O1. The van der Waals surface area contributed by atoms with Crippen LogP contribution in [0.25, 0.3) is 0 Å². The number of morpholine rings is 1. The number of anilines is 1. The molecule has 0 spiro atoms. The van der Waals surface area contributed by atoms with Crippen molar-refractivity contribution in [3.63, 3.8) is 0 Å². The number of hydrogen-bond donors (Lipinski definition) is 0. The van der Waals surface area contributed by atoms with Crippen LogP contribution in [0.1, 0.15) is 51.6 Å². The first kappa shape index (κ1) is 19.1. The van der Waals surface area contributed by atoms with E-state index in [-0.39, 0.29) is 12.2 Å². The average Bonchev–Trinajstić information content (AvgIpc) is 2.69. The molecule has 0 bridgehead atoms. The van der Waals surface area contributed by atoms with Crippen molar-refractivity contribution in [1.29, 1.82) is 0 Å². The van der Waals surface area contributed by atoms with Gasteiger partial charge in [-0.15, -0.1) is 0 Å². The fraction of sp³-hybridized carbons (Fsp3) is 0.810. The summed E-state index contributed by atoms with van der Waals surface area (Å²) in [5.41, 5.74) is 1.14. The maximum Gasteiger partial charge on any atom is 0.225 e. The van der Waals surface area contributed by atoms with E-state index in [9.17, 15) is 0 Å². The zero-order valence-electron chi connectivity index (χ0n) is 17.0. The molecule has 1 saturated carbocycles. The molecular weight excluding hydrogens is 338 g/mol. The second-order valence-corrected chi connectivity index (χ2v) is 8.61. The van der Waals surface area contributed by atoms with E-state index < -0.39 is 0 Å². The first-order valence-electron chi connectivity index (χ1n) is 10.9. The molecule has 0 unspecified atom stereocenters. The van der Waals surface area contributed by atoms with E-state index in [0.717, 1.165) is 50.4 Å². The van der Waals surface area contributed by atoms with Crippen molar-refractivity contribution in [2.75, 3.05) is 44.2 Å². The minimum atomic E-state index is 0.230. The van der Waals surface area contributed by atoms with Crippen molar-refractivity contribution in [1.82, 2.24) is 19.8 Å². The van der Waals surface area contributed by atoms with Crippen molar-refractivity contribution in [2.45, 2.75) is 70.7 Å². The lowest BCUT2D eigenvalue weighted by molar-refractivity contribution is -0.00574. The number of nitrogens with zero attached hydrogens (tertiary/aromatic N) is 5. The van der Waals surface area contributed by atoms with Crippen molar-refractivity contribution < 1.29 is 4.74 Å². The van der Waals surface area contributed by atoms with Gasteiger partial charge < -0.3 is 9.64 Å². The molecular formula is C21H35N5O. The van der Waals surface area contributed by atoms with Crippen LogP contribution in [0.3, 0.4) is 0 Å². The summed E-state index contributed by atoms with van der Waals surface area (Å²) in [6, 6.07) is 2.92. The van der Waals surface area contributed by atoms with Gasteiger partial charge in [-0.1, -0.05) is 19.3 Å². The van der Waals surface area contributed by atoms with Crippen LogP contribution in [0.4, 0.5) is 5.95 Å². The smallest absolute Gasteiger partial charge is 0.225 e. The molecule has 6 nitrogen and oxygen atoms in total. The first-order chi connectivity index (χ1) is 13.2. The highest BCUT2D eigenvalue weighted by atomic mass is 16.5. The largest absolute Gasteiger partial charge is 0.372 e. The van der Waals surface area contributed by atoms with E-state index in [0.29, 0.717) is 0 Å². The van der Waals surface area contributed by atoms with Gasteiger partial charge in [-0.2, -0.15) is 0 Å². The van der Waals surface area contributed by atoms with E-state index in [1.54, 1.807) is 0 Å². The molecule has 2 aliphatic heterocycles. The summed E-state index contributed by atoms with van der Waals surface area (Å²) in [7, 11) is 0. The van der Waals surface area contributed by atoms with Crippen LogP contribution >= 0.6 is 0 Å². The van der Waals surface area contributed by atoms with Gasteiger partial charge in [-0.3, -0.25) is 9.80 Å². The third-order valence-corrected chi connectivity index (χ3v) is 6.29. The highest BCUT2D eigenvalue weighted by Crippen LogP contribution is 2.24. The highest BCUT2D eigenvalue weighted by molar-refractivity contribution is 5.31. The monoisotopic (exact) mass is 373 g/mol. The fourth-order valence-corrected chi connectivity index (χ4v) is 4.93. The second kappa shape index (κ2) is 8.84. The van der Waals surface area contributed by atoms with Gasteiger partial charge in [-0.25, -0.2) is 9.97 Å². The Morgan fingerprint density at radius 2 is 1.70 bits per heavy atom. The van der Waals surface area contributed by atoms with E-state index >= 15 is 0 Å². The number of aromatic nitrogens is 2. The minimum absolute atomic E-state index is 0.230. The van der Waals surface area contributed by atoms with Gasteiger partial charge in [-0.05, 0) is 32.8 Å². The van der Waals surface area contributed by atoms with Crippen LogP contribution < -0.4 is 4.90 Å².